The number of hydrogen-bond donors (Lipinski definition) is 2. The third kappa shape index (κ3) is 4.11. The van der Waals surface area contributed by atoms with Crippen molar-refractivity contribution in [2.45, 2.75) is 6.92 Å². The van der Waals surface area contributed by atoms with Gasteiger partial charge in [0.25, 0.3) is 0 Å². The molecule has 2 N–H and O–H groups in total. The van der Waals surface area contributed by atoms with Gasteiger partial charge < -0.3 is 9.88 Å². The topological polar surface area (TPSA) is 73.5 Å². The van der Waals surface area contributed by atoms with Gasteiger partial charge in [-0.25, -0.2) is 9.97 Å². The Morgan fingerprint density at radius 1 is 1.21 bits per heavy atom. The van der Waals surface area contributed by atoms with Crippen LogP contribution in [0.25, 0.3) is 50.2 Å². The lowest BCUT2D eigenvalue weighted by molar-refractivity contribution is 0.449. The number of rotatable bonds is 7. The Balaban J connectivity index is 1.59. The highest BCUT2D eigenvalue weighted by Crippen LogP contribution is 2.33. The maximum absolute atomic E-state index is 5.00. The van der Waals surface area contributed by atoms with E-state index in [1.165, 1.54) is 5.56 Å². The summed E-state index contributed by atoms with van der Waals surface area (Å²) in [5, 5.41) is 13.0. The molecular weight excluding hydrogens is 440 g/mol. The van der Waals surface area contributed by atoms with E-state index < -0.39 is 0 Å². The van der Waals surface area contributed by atoms with Gasteiger partial charge in [-0.1, -0.05) is 18.7 Å². The van der Waals surface area contributed by atoms with Gasteiger partial charge in [0, 0.05) is 18.1 Å². The van der Waals surface area contributed by atoms with E-state index in [-0.39, 0.29) is 0 Å². The quantitative estimate of drug-likeness (QED) is 0.276. The number of fused-ring (bicyclic) bond motifs is 2. The second kappa shape index (κ2) is 9.21. The molecule has 0 saturated heterocycles. The smallest absolute Gasteiger partial charge is 0.138 e. The zero-order valence-electron chi connectivity index (χ0n) is 19.5. The third-order valence-corrected chi connectivity index (χ3v) is 6.42. The van der Waals surface area contributed by atoms with Gasteiger partial charge in [0.1, 0.15) is 16.9 Å². The molecule has 0 radical (unpaired) electrons. The predicted octanol–water partition coefficient (Wildman–Crippen LogP) is 6.31. The number of allylic oxidation sites excluding steroid dienone is 3. The average Bonchev–Trinajstić information content (AvgIpc) is 3.59. The first-order valence-electron chi connectivity index (χ1n) is 11.1. The summed E-state index contributed by atoms with van der Waals surface area (Å²) >= 11 is 1.69. The molecule has 6 nitrogen and oxygen atoms in total. The van der Waals surface area contributed by atoms with E-state index in [0.717, 1.165) is 62.4 Å². The van der Waals surface area contributed by atoms with Crippen LogP contribution in [0.2, 0.25) is 0 Å². The maximum atomic E-state index is 5.00. The van der Waals surface area contributed by atoms with Crippen LogP contribution in [0.5, 0.6) is 0 Å². The molecule has 0 atom stereocenters. The molecule has 5 aromatic heterocycles. The van der Waals surface area contributed by atoms with E-state index >= 15 is 0 Å². The van der Waals surface area contributed by atoms with E-state index in [1.54, 1.807) is 11.3 Å². The zero-order valence-corrected chi connectivity index (χ0v) is 20.3. The first-order valence-corrected chi connectivity index (χ1v) is 12.0. The molecule has 0 amide bonds. The van der Waals surface area contributed by atoms with Crippen molar-refractivity contribution in [3.63, 3.8) is 0 Å². The van der Waals surface area contributed by atoms with E-state index in [9.17, 15) is 0 Å². The van der Waals surface area contributed by atoms with Crippen molar-refractivity contribution in [2.24, 2.45) is 0 Å². The van der Waals surface area contributed by atoms with E-state index in [0.29, 0.717) is 0 Å². The highest BCUT2D eigenvalue weighted by molar-refractivity contribution is 7.08. The molecule has 0 aliphatic carbocycles. The largest absolute Gasteiger partial charge is 0.338 e. The summed E-state index contributed by atoms with van der Waals surface area (Å²) in [6.45, 7) is 6.81. The Kier molecular flexibility index (Phi) is 5.96. The Bertz CT molecular complexity index is 1530. The van der Waals surface area contributed by atoms with Crippen LogP contribution in [0.1, 0.15) is 12.6 Å². The van der Waals surface area contributed by atoms with Crippen molar-refractivity contribution >= 4 is 39.0 Å². The summed E-state index contributed by atoms with van der Waals surface area (Å²) in [6.07, 6.45) is 7.95. The summed E-state index contributed by atoms with van der Waals surface area (Å²) in [5.41, 5.74) is 9.63. The lowest BCUT2D eigenvalue weighted by atomic mass is 10.1. The molecule has 0 saturated carbocycles. The molecule has 0 aromatic carbocycles. The number of H-pyrrole nitrogens is 2. The van der Waals surface area contributed by atoms with Gasteiger partial charge in [-0.15, -0.1) is 0 Å². The zero-order chi connectivity index (χ0) is 23.7. The Morgan fingerprint density at radius 3 is 2.82 bits per heavy atom. The Hall–Kier alpha value is -3.81. The van der Waals surface area contributed by atoms with Crippen molar-refractivity contribution in [2.75, 3.05) is 20.6 Å². The van der Waals surface area contributed by atoms with Gasteiger partial charge in [-0.2, -0.15) is 16.4 Å². The molecular formula is C27H26N6S. The van der Waals surface area contributed by atoms with Crippen LogP contribution < -0.4 is 0 Å². The van der Waals surface area contributed by atoms with Gasteiger partial charge in [0.2, 0.25) is 0 Å². The summed E-state index contributed by atoms with van der Waals surface area (Å²) in [6, 6.07) is 10.3. The monoisotopic (exact) mass is 466 g/mol. The Morgan fingerprint density at radius 2 is 2.09 bits per heavy atom. The van der Waals surface area contributed by atoms with Crippen molar-refractivity contribution in [1.82, 2.24) is 30.0 Å². The lowest BCUT2D eigenvalue weighted by Crippen LogP contribution is -2.14. The number of nitrogens with zero attached hydrogens (tertiary/aromatic N) is 4. The van der Waals surface area contributed by atoms with Crippen molar-refractivity contribution < 1.29 is 0 Å². The van der Waals surface area contributed by atoms with Crippen LogP contribution in [0.15, 0.2) is 77.7 Å². The van der Waals surface area contributed by atoms with Crippen molar-refractivity contribution in [3.05, 3.63) is 83.4 Å². The van der Waals surface area contributed by atoms with Crippen LogP contribution in [-0.4, -0.2) is 50.7 Å². The number of pyridine rings is 2. The number of thiophene rings is 1. The van der Waals surface area contributed by atoms with E-state index in [4.69, 9.17) is 4.98 Å². The summed E-state index contributed by atoms with van der Waals surface area (Å²) < 4.78 is 0. The number of aromatic nitrogens is 5. The second-order valence-corrected chi connectivity index (χ2v) is 9.17. The van der Waals surface area contributed by atoms with Crippen LogP contribution in [0.3, 0.4) is 0 Å². The third-order valence-electron chi connectivity index (χ3n) is 5.74. The SMILES string of the molecule is C=C/C(=C\C(=C/C)c1ccc2[nH]nc(-c3cc4c(-c5ccsc5)ccnc4[nH]3)c2n1)CN(C)C. The normalized spacial score (nSPS) is 12.8. The first kappa shape index (κ1) is 22.0. The summed E-state index contributed by atoms with van der Waals surface area (Å²) in [4.78, 5) is 15.1. The fraction of sp³-hybridized carbons (Fsp3) is 0.148. The van der Waals surface area contributed by atoms with E-state index in [1.807, 2.05) is 45.4 Å². The van der Waals surface area contributed by atoms with Gasteiger partial charge >= 0.3 is 0 Å². The highest BCUT2D eigenvalue weighted by atomic mass is 32.1. The minimum absolute atomic E-state index is 0.780. The second-order valence-electron chi connectivity index (χ2n) is 8.39. The molecule has 0 aliphatic heterocycles. The Labute approximate surface area is 202 Å². The molecule has 34 heavy (non-hydrogen) atoms. The number of aromatic amines is 2. The first-order chi connectivity index (χ1) is 16.6. The van der Waals surface area contributed by atoms with Crippen LogP contribution in [0, 0.1) is 0 Å². The van der Waals surface area contributed by atoms with Crippen LogP contribution in [0.4, 0.5) is 0 Å². The molecule has 0 aliphatic rings. The summed E-state index contributed by atoms with van der Waals surface area (Å²) in [5.74, 6) is 0. The van der Waals surface area contributed by atoms with Crippen LogP contribution >= 0.6 is 11.3 Å². The van der Waals surface area contributed by atoms with Gasteiger partial charge in [-0.05, 0) is 90.5 Å². The molecule has 0 unspecified atom stereocenters. The highest BCUT2D eigenvalue weighted by Gasteiger charge is 2.16. The molecule has 5 heterocycles. The number of nitrogens with one attached hydrogen (secondary N) is 2. The standard InChI is InChI=1S/C27H26N6S/c1-5-17(15-33(3)4)13-18(6-2)22-7-8-23-25(29-22)26(32-31-23)24-14-21-20(19-10-12-34-16-19)9-11-28-27(21)30-24/h5-14,16H,1,15H2,2-4H3,(H,28,30)(H,31,32)/b17-13+,18-6+. The minimum atomic E-state index is 0.780. The average molecular weight is 467 g/mol. The molecule has 5 aromatic rings. The molecule has 7 heteroatoms. The minimum Gasteiger partial charge on any atom is -0.338 e. The molecule has 0 fully saturated rings. The summed E-state index contributed by atoms with van der Waals surface area (Å²) in [7, 11) is 4.10. The fourth-order valence-corrected chi connectivity index (χ4v) is 4.77. The van der Waals surface area contributed by atoms with Crippen molar-refractivity contribution in [1.29, 1.82) is 0 Å². The number of likely N-dealkylation sites (N-methyl/N-ethyl adjacent to an activating group) is 1. The molecule has 170 valence electrons. The molecule has 5 rings (SSSR count). The lowest BCUT2D eigenvalue weighted by Gasteiger charge is -2.11. The fourth-order valence-electron chi connectivity index (χ4n) is 4.11. The van der Waals surface area contributed by atoms with Crippen LogP contribution in [-0.2, 0) is 0 Å². The molecule has 0 spiro atoms. The van der Waals surface area contributed by atoms with E-state index in [2.05, 4.69) is 72.8 Å². The van der Waals surface area contributed by atoms with Gasteiger partial charge in [0.05, 0.1) is 16.9 Å². The number of hydrogen-bond acceptors (Lipinski definition) is 5. The van der Waals surface area contributed by atoms with Gasteiger partial charge in [-0.3, -0.25) is 5.10 Å². The van der Waals surface area contributed by atoms with Crippen molar-refractivity contribution in [3.8, 4) is 22.5 Å². The van der Waals surface area contributed by atoms with Gasteiger partial charge in [0.15, 0.2) is 0 Å². The molecule has 0 bridgehead atoms. The maximum Gasteiger partial charge on any atom is 0.138 e. The predicted molar refractivity (Wildman–Crippen MR) is 143 cm³/mol.